The number of rotatable bonds is 1. The van der Waals surface area contributed by atoms with Crippen molar-refractivity contribution >= 4 is 12.4 Å². The quantitative estimate of drug-likeness (QED) is 0.777. The molecule has 1 aliphatic rings. The number of hydrogen-bond donors (Lipinski definition) is 1. The first-order valence-corrected chi connectivity index (χ1v) is 4.76. The number of hydrogen-bond acceptors (Lipinski definition) is 2. The Morgan fingerprint density at radius 3 is 3.00 bits per heavy atom. The minimum Gasteiger partial charge on any atom is -0.375 e. The summed E-state index contributed by atoms with van der Waals surface area (Å²) in [7, 11) is 0. The van der Waals surface area contributed by atoms with E-state index < -0.39 is 0 Å². The topological polar surface area (TPSA) is 35.2 Å². The lowest BCUT2D eigenvalue weighted by Gasteiger charge is -2.23. The summed E-state index contributed by atoms with van der Waals surface area (Å²) in [6.45, 7) is 3.53. The summed E-state index contributed by atoms with van der Waals surface area (Å²) in [6, 6.07) is 6.56. The van der Waals surface area contributed by atoms with E-state index in [1.54, 1.807) is 0 Å². The maximum Gasteiger partial charge on any atom is 0.0721 e. The fourth-order valence-electron chi connectivity index (χ4n) is 1.73. The van der Waals surface area contributed by atoms with Gasteiger partial charge in [0.1, 0.15) is 0 Å². The molecule has 0 spiro atoms. The van der Waals surface area contributed by atoms with E-state index in [9.17, 15) is 0 Å². The lowest BCUT2D eigenvalue weighted by Crippen LogP contribution is -2.23. The van der Waals surface area contributed by atoms with E-state index in [1.807, 2.05) is 0 Å². The number of nitrogens with two attached hydrogens (primary N) is 1. The van der Waals surface area contributed by atoms with Crippen molar-refractivity contribution < 1.29 is 4.74 Å². The molecule has 0 amide bonds. The van der Waals surface area contributed by atoms with Gasteiger partial charge in [0.15, 0.2) is 0 Å². The van der Waals surface area contributed by atoms with Crippen LogP contribution in [0.4, 0.5) is 0 Å². The van der Waals surface area contributed by atoms with Crippen LogP contribution in [-0.2, 0) is 17.8 Å². The molecule has 0 bridgehead atoms. The first-order chi connectivity index (χ1) is 6.31. The van der Waals surface area contributed by atoms with Gasteiger partial charge in [-0.05, 0) is 23.1 Å². The molecule has 1 aromatic carbocycles. The monoisotopic (exact) mass is 213 g/mol. The van der Waals surface area contributed by atoms with Crippen molar-refractivity contribution in [3.8, 4) is 0 Å². The molecular weight excluding hydrogens is 198 g/mol. The molecule has 0 radical (unpaired) electrons. The Morgan fingerprint density at radius 2 is 2.29 bits per heavy atom. The van der Waals surface area contributed by atoms with Crippen molar-refractivity contribution in [2.24, 2.45) is 5.73 Å². The van der Waals surface area contributed by atoms with Gasteiger partial charge in [-0.15, -0.1) is 12.4 Å². The summed E-state index contributed by atoms with van der Waals surface area (Å²) in [4.78, 5) is 0. The zero-order valence-electron chi connectivity index (χ0n) is 8.32. The highest BCUT2D eigenvalue weighted by Crippen LogP contribution is 2.24. The maximum atomic E-state index is 5.94. The molecule has 1 aromatic rings. The van der Waals surface area contributed by atoms with Gasteiger partial charge in [-0.25, -0.2) is 0 Å². The maximum absolute atomic E-state index is 5.94. The Kier molecular flexibility index (Phi) is 3.93. The molecule has 0 fully saturated rings. The molecule has 0 aromatic heterocycles. The highest BCUT2D eigenvalue weighted by molar-refractivity contribution is 5.85. The standard InChI is InChI=1S/C11H15NO.ClH/c1-2-8-3-4-9-6-13-7-11(12)10(9)5-8;/h3-5,11H,2,6-7,12H2,1H3;1H. The molecule has 0 saturated carbocycles. The smallest absolute Gasteiger partial charge is 0.0721 e. The second-order valence-electron chi connectivity index (χ2n) is 3.51. The van der Waals surface area contributed by atoms with Crippen LogP contribution in [0.15, 0.2) is 18.2 Å². The molecule has 1 heterocycles. The van der Waals surface area contributed by atoms with Crippen molar-refractivity contribution in [3.63, 3.8) is 0 Å². The van der Waals surface area contributed by atoms with Gasteiger partial charge in [-0.3, -0.25) is 0 Å². The number of aryl methyl sites for hydroxylation is 1. The molecule has 2 N–H and O–H groups in total. The van der Waals surface area contributed by atoms with Crippen LogP contribution in [0.3, 0.4) is 0 Å². The SMILES string of the molecule is CCc1ccc2c(c1)C(N)COC2.Cl. The van der Waals surface area contributed by atoms with Gasteiger partial charge in [0.05, 0.1) is 19.3 Å². The third-order valence-corrected chi connectivity index (χ3v) is 2.57. The third-order valence-electron chi connectivity index (χ3n) is 2.57. The summed E-state index contributed by atoms with van der Waals surface area (Å²) < 4.78 is 5.36. The summed E-state index contributed by atoms with van der Waals surface area (Å²) in [5.74, 6) is 0. The van der Waals surface area contributed by atoms with E-state index >= 15 is 0 Å². The molecule has 78 valence electrons. The van der Waals surface area contributed by atoms with E-state index in [0.717, 1.165) is 6.42 Å². The Bertz CT molecular complexity index is 314. The third kappa shape index (κ3) is 2.08. The molecule has 1 atom stereocenters. The van der Waals surface area contributed by atoms with Crippen LogP contribution in [0.25, 0.3) is 0 Å². The van der Waals surface area contributed by atoms with Gasteiger partial charge in [-0.1, -0.05) is 25.1 Å². The normalized spacial score (nSPS) is 19.7. The Hall–Kier alpha value is -0.570. The summed E-state index contributed by atoms with van der Waals surface area (Å²) in [5.41, 5.74) is 9.82. The minimum atomic E-state index is 0. The van der Waals surface area contributed by atoms with Crippen molar-refractivity contribution in [2.75, 3.05) is 6.61 Å². The largest absolute Gasteiger partial charge is 0.375 e. The molecule has 14 heavy (non-hydrogen) atoms. The minimum absolute atomic E-state index is 0. The van der Waals surface area contributed by atoms with Gasteiger partial charge >= 0.3 is 0 Å². The summed E-state index contributed by atoms with van der Waals surface area (Å²) in [5, 5.41) is 0. The van der Waals surface area contributed by atoms with E-state index in [0.29, 0.717) is 13.2 Å². The fraction of sp³-hybridized carbons (Fsp3) is 0.455. The predicted octanol–water partition coefficient (Wildman–Crippen LogP) is 2.20. The lowest BCUT2D eigenvalue weighted by molar-refractivity contribution is 0.0923. The molecule has 2 rings (SSSR count). The highest BCUT2D eigenvalue weighted by Gasteiger charge is 2.16. The molecule has 0 aliphatic carbocycles. The number of ether oxygens (including phenoxy) is 1. The van der Waals surface area contributed by atoms with Crippen molar-refractivity contribution in [2.45, 2.75) is 26.0 Å². The molecule has 0 saturated heterocycles. The second kappa shape index (κ2) is 4.78. The van der Waals surface area contributed by atoms with Crippen LogP contribution >= 0.6 is 12.4 Å². The average molecular weight is 214 g/mol. The lowest BCUT2D eigenvalue weighted by atomic mass is 9.96. The van der Waals surface area contributed by atoms with Crippen LogP contribution in [0.5, 0.6) is 0 Å². The second-order valence-corrected chi connectivity index (χ2v) is 3.51. The first-order valence-electron chi connectivity index (χ1n) is 4.76. The molecule has 2 nitrogen and oxygen atoms in total. The zero-order chi connectivity index (χ0) is 9.26. The fourth-order valence-corrected chi connectivity index (χ4v) is 1.73. The van der Waals surface area contributed by atoms with Crippen LogP contribution < -0.4 is 5.73 Å². The first kappa shape index (κ1) is 11.5. The average Bonchev–Trinajstić information content (AvgIpc) is 2.18. The van der Waals surface area contributed by atoms with Crippen LogP contribution in [-0.4, -0.2) is 6.61 Å². The summed E-state index contributed by atoms with van der Waals surface area (Å²) in [6.07, 6.45) is 1.07. The van der Waals surface area contributed by atoms with E-state index in [-0.39, 0.29) is 18.4 Å². The van der Waals surface area contributed by atoms with Gasteiger partial charge in [0.25, 0.3) is 0 Å². The van der Waals surface area contributed by atoms with Crippen LogP contribution in [0, 0.1) is 0 Å². The molecule has 1 unspecified atom stereocenters. The molecular formula is C11H16ClNO. The van der Waals surface area contributed by atoms with Crippen molar-refractivity contribution in [3.05, 3.63) is 34.9 Å². The number of benzene rings is 1. The Morgan fingerprint density at radius 1 is 1.50 bits per heavy atom. The van der Waals surface area contributed by atoms with Gasteiger partial charge in [0, 0.05) is 0 Å². The van der Waals surface area contributed by atoms with E-state index in [2.05, 4.69) is 25.1 Å². The van der Waals surface area contributed by atoms with Gasteiger partial charge in [0.2, 0.25) is 0 Å². The molecule has 3 heteroatoms. The van der Waals surface area contributed by atoms with Crippen molar-refractivity contribution in [1.82, 2.24) is 0 Å². The highest BCUT2D eigenvalue weighted by atomic mass is 35.5. The Balaban J connectivity index is 0.000000980. The van der Waals surface area contributed by atoms with Crippen LogP contribution in [0.2, 0.25) is 0 Å². The number of halogens is 1. The van der Waals surface area contributed by atoms with Crippen LogP contribution in [0.1, 0.15) is 29.7 Å². The van der Waals surface area contributed by atoms with E-state index in [1.165, 1.54) is 16.7 Å². The zero-order valence-corrected chi connectivity index (χ0v) is 9.14. The Labute approximate surface area is 90.9 Å². The predicted molar refractivity (Wildman–Crippen MR) is 59.7 cm³/mol. The number of fused-ring (bicyclic) bond motifs is 1. The van der Waals surface area contributed by atoms with Gasteiger partial charge < -0.3 is 10.5 Å². The molecule has 1 aliphatic heterocycles. The van der Waals surface area contributed by atoms with E-state index in [4.69, 9.17) is 10.5 Å². The van der Waals surface area contributed by atoms with Crippen molar-refractivity contribution in [1.29, 1.82) is 0 Å². The summed E-state index contributed by atoms with van der Waals surface area (Å²) >= 11 is 0. The van der Waals surface area contributed by atoms with Gasteiger partial charge in [-0.2, -0.15) is 0 Å².